The molecule has 3 aromatic carbocycles. The van der Waals surface area contributed by atoms with Gasteiger partial charge in [-0.3, -0.25) is 9.59 Å². The van der Waals surface area contributed by atoms with Gasteiger partial charge in [-0.05, 0) is 66.7 Å². The number of carbonyl (C=O) groups is 2. The Balaban J connectivity index is 1.61. The van der Waals surface area contributed by atoms with Gasteiger partial charge in [-0.15, -0.1) is 0 Å². The van der Waals surface area contributed by atoms with E-state index >= 15 is 0 Å². The van der Waals surface area contributed by atoms with E-state index in [2.05, 4.69) is 15.9 Å². The van der Waals surface area contributed by atoms with Gasteiger partial charge in [-0.2, -0.15) is 0 Å². The van der Waals surface area contributed by atoms with Crippen LogP contribution in [0, 0.1) is 5.82 Å². The number of ether oxygens (including phenoxy) is 2. The van der Waals surface area contributed by atoms with Crippen molar-refractivity contribution in [2.24, 2.45) is 0 Å². The van der Waals surface area contributed by atoms with Crippen LogP contribution in [0.25, 0.3) is 6.08 Å². The van der Waals surface area contributed by atoms with Crippen molar-refractivity contribution in [1.82, 2.24) is 0 Å². The minimum atomic E-state index is -0.443. The van der Waals surface area contributed by atoms with E-state index in [4.69, 9.17) is 21.1 Å². The highest BCUT2D eigenvalue weighted by Gasteiger charge is 2.36. The number of thioether (sulfide) groups is 1. The fourth-order valence-electron chi connectivity index (χ4n) is 3.26. The van der Waals surface area contributed by atoms with Crippen molar-refractivity contribution >= 4 is 62.2 Å². The molecule has 5 nitrogen and oxygen atoms in total. The Kier molecular flexibility index (Phi) is 7.60. The monoisotopic (exact) mass is 561 g/mol. The fraction of sp³-hybridized carbons (Fsp3) is 0.120. The van der Waals surface area contributed by atoms with Crippen LogP contribution in [-0.2, 0) is 11.4 Å². The lowest BCUT2D eigenvalue weighted by Crippen LogP contribution is -2.27. The Bertz CT molecular complexity index is 1300. The van der Waals surface area contributed by atoms with E-state index in [0.29, 0.717) is 44.4 Å². The van der Waals surface area contributed by atoms with Gasteiger partial charge < -0.3 is 9.47 Å². The third-order valence-corrected chi connectivity index (χ3v) is 6.64. The average molecular weight is 563 g/mol. The largest absolute Gasteiger partial charge is 0.490 e. The van der Waals surface area contributed by atoms with Gasteiger partial charge in [-0.1, -0.05) is 51.8 Å². The highest BCUT2D eigenvalue weighted by atomic mass is 79.9. The fourth-order valence-corrected chi connectivity index (χ4v) is 4.71. The lowest BCUT2D eigenvalue weighted by Gasteiger charge is -2.15. The summed E-state index contributed by atoms with van der Waals surface area (Å²) in [6.45, 7) is 2.23. The van der Waals surface area contributed by atoms with Crippen LogP contribution < -0.4 is 14.4 Å². The van der Waals surface area contributed by atoms with Gasteiger partial charge in [0.15, 0.2) is 11.5 Å². The molecule has 0 atom stereocenters. The second-order valence-corrected chi connectivity index (χ2v) is 9.41. The smallest absolute Gasteiger partial charge is 0.298 e. The van der Waals surface area contributed by atoms with Gasteiger partial charge in [0.25, 0.3) is 11.1 Å². The van der Waals surface area contributed by atoms with Gasteiger partial charge >= 0.3 is 0 Å². The molecule has 2 amide bonds. The van der Waals surface area contributed by atoms with Crippen LogP contribution in [0.1, 0.15) is 18.1 Å². The van der Waals surface area contributed by atoms with Crippen LogP contribution in [0.15, 0.2) is 70.0 Å². The minimum absolute atomic E-state index is 0.0249. The highest BCUT2D eigenvalue weighted by molar-refractivity contribution is 9.10. The number of imide groups is 1. The van der Waals surface area contributed by atoms with Crippen LogP contribution in [0.3, 0.4) is 0 Å². The Morgan fingerprint density at radius 1 is 1.06 bits per heavy atom. The number of benzene rings is 3. The molecule has 1 fully saturated rings. The van der Waals surface area contributed by atoms with Gasteiger partial charge in [0.2, 0.25) is 0 Å². The molecule has 1 heterocycles. The number of halogens is 3. The van der Waals surface area contributed by atoms with E-state index in [-0.39, 0.29) is 17.3 Å². The van der Waals surface area contributed by atoms with E-state index in [0.717, 1.165) is 16.7 Å². The second kappa shape index (κ2) is 10.6. The van der Waals surface area contributed by atoms with Gasteiger partial charge in [0.1, 0.15) is 12.4 Å². The molecular formula is C25H18BrClFNO4S. The first kappa shape index (κ1) is 24.3. The van der Waals surface area contributed by atoms with Crippen molar-refractivity contribution in [2.75, 3.05) is 11.5 Å². The molecule has 4 rings (SSSR count). The SMILES string of the molecule is CCOc1cc(/C=C2/SC(=O)N(c3cccc(Cl)c3)C2=O)c(Br)cc1OCc1ccccc1F. The zero-order valence-corrected chi connectivity index (χ0v) is 21.0. The molecule has 0 aromatic heterocycles. The van der Waals surface area contributed by atoms with E-state index in [1.165, 1.54) is 6.07 Å². The second-order valence-electron chi connectivity index (χ2n) is 7.13. The molecule has 0 bridgehead atoms. The quantitative estimate of drug-likeness (QED) is 0.280. The molecule has 34 heavy (non-hydrogen) atoms. The normalized spacial score (nSPS) is 14.7. The Morgan fingerprint density at radius 2 is 1.82 bits per heavy atom. The molecule has 0 saturated carbocycles. The van der Waals surface area contributed by atoms with Crippen LogP contribution >= 0.6 is 39.3 Å². The van der Waals surface area contributed by atoms with Crippen LogP contribution in [0.2, 0.25) is 5.02 Å². The van der Waals surface area contributed by atoms with E-state index < -0.39 is 11.1 Å². The first-order valence-electron chi connectivity index (χ1n) is 10.2. The van der Waals surface area contributed by atoms with E-state index in [9.17, 15) is 14.0 Å². The summed E-state index contributed by atoms with van der Waals surface area (Å²) in [5, 5.41) is 0.0140. The molecular weight excluding hydrogens is 545 g/mol. The molecule has 9 heteroatoms. The number of carbonyl (C=O) groups excluding carboxylic acids is 2. The topological polar surface area (TPSA) is 55.8 Å². The van der Waals surface area contributed by atoms with E-state index in [1.54, 1.807) is 60.7 Å². The van der Waals surface area contributed by atoms with Gasteiger partial charge in [0.05, 0.1) is 17.2 Å². The summed E-state index contributed by atoms with van der Waals surface area (Å²) in [5.41, 5.74) is 1.45. The summed E-state index contributed by atoms with van der Waals surface area (Å²) >= 11 is 10.4. The third-order valence-electron chi connectivity index (χ3n) is 4.85. The Morgan fingerprint density at radius 3 is 2.56 bits per heavy atom. The molecule has 0 unspecified atom stereocenters. The predicted octanol–water partition coefficient (Wildman–Crippen LogP) is 7.46. The van der Waals surface area contributed by atoms with Crippen LogP contribution in [0.5, 0.6) is 11.5 Å². The van der Waals surface area contributed by atoms with Crippen molar-refractivity contribution in [2.45, 2.75) is 13.5 Å². The van der Waals surface area contributed by atoms with Crippen molar-refractivity contribution < 1.29 is 23.5 Å². The first-order chi connectivity index (χ1) is 16.4. The summed E-state index contributed by atoms with van der Waals surface area (Å²) in [7, 11) is 0. The zero-order valence-electron chi connectivity index (χ0n) is 17.9. The van der Waals surface area contributed by atoms with Gasteiger partial charge in [0, 0.05) is 15.1 Å². The predicted molar refractivity (Wildman–Crippen MR) is 136 cm³/mol. The number of amides is 2. The lowest BCUT2D eigenvalue weighted by molar-refractivity contribution is -0.113. The summed E-state index contributed by atoms with van der Waals surface area (Å²) in [6, 6.07) is 16.3. The number of nitrogens with zero attached hydrogens (tertiary/aromatic N) is 1. The maximum atomic E-state index is 14.0. The molecule has 0 spiro atoms. The molecule has 0 aliphatic carbocycles. The molecule has 3 aromatic rings. The van der Waals surface area contributed by atoms with Crippen molar-refractivity contribution in [3.8, 4) is 11.5 Å². The average Bonchev–Trinajstić information content (AvgIpc) is 3.08. The number of rotatable bonds is 7. The molecule has 0 radical (unpaired) electrons. The standard InChI is InChI=1S/C25H18BrClFNO4S/c1-2-32-21-10-16(19(26)13-22(21)33-14-15-6-3-4-9-20(15)28)11-23-24(30)29(25(31)34-23)18-8-5-7-17(27)12-18/h3-13H,2,14H2,1H3/b23-11+. The number of hydrogen-bond donors (Lipinski definition) is 0. The molecule has 0 N–H and O–H groups in total. The van der Waals surface area contributed by atoms with Crippen molar-refractivity contribution in [3.63, 3.8) is 0 Å². The minimum Gasteiger partial charge on any atom is -0.490 e. The van der Waals surface area contributed by atoms with Crippen LogP contribution in [-0.4, -0.2) is 17.8 Å². The Hall–Kier alpha value is -2.81. The lowest BCUT2D eigenvalue weighted by atomic mass is 10.1. The zero-order chi connectivity index (χ0) is 24.2. The number of hydrogen-bond acceptors (Lipinski definition) is 5. The molecule has 174 valence electrons. The molecule has 1 saturated heterocycles. The molecule has 1 aliphatic heterocycles. The highest BCUT2D eigenvalue weighted by Crippen LogP contribution is 2.40. The molecule has 1 aliphatic rings. The summed E-state index contributed by atoms with van der Waals surface area (Å²) in [5.74, 6) is 0.0529. The summed E-state index contributed by atoms with van der Waals surface area (Å²) in [4.78, 5) is 26.9. The first-order valence-corrected chi connectivity index (χ1v) is 12.2. The van der Waals surface area contributed by atoms with E-state index in [1.807, 2.05) is 6.92 Å². The van der Waals surface area contributed by atoms with Gasteiger partial charge in [-0.25, -0.2) is 9.29 Å². The maximum Gasteiger partial charge on any atom is 0.298 e. The maximum absolute atomic E-state index is 14.0. The Labute approximate surface area is 213 Å². The third kappa shape index (κ3) is 5.29. The summed E-state index contributed by atoms with van der Waals surface area (Å²) < 4.78 is 26.1. The number of anilines is 1. The van der Waals surface area contributed by atoms with Crippen LogP contribution in [0.4, 0.5) is 14.9 Å². The van der Waals surface area contributed by atoms with Crippen molar-refractivity contribution in [1.29, 1.82) is 0 Å². The van der Waals surface area contributed by atoms with Crippen molar-refractivity contribution in [3.05, 3.63) is 92.0 Å². The summed E-state index contributed by atoms with van der Waals surface area (Å²) in [6.07, 6.45) is 1.61.